The van der Waals surface area contributed by atoms with Gasteiger partial charge in [0.05, 0.1) is 16.8 Å². The molecule has 2 aromatic carbocycles. The van der Waals surface area contributed by atoms with Crippen LogP contribution >= 0.6 is 7.60 Å². The van der Waals surface area contributed by atoms with Crippen LogP contribution < -0.4 is 9.83 Å². The Bertz CT molecular complexity index is 871. The number of unbranched alkanes of at least 4 members (excludes halogenated alkanes) is 5. The van der Waals surface area contributed by atoms with Gasteiger partial charge in [0.1, 0.15) is 5.75 Å². The first-order chi connectivity index (χ1) is 14.9. The molecule has 0 N–H and O–H groups in total. The molecule has 8 nitrogen and oxygen atoms in total. The van der Waals surface area contributed by atoms with Crippen LogP contribution in [0.15, 0.2) is 48.5 Å². The van der Waals surface area contributed by atoms with Gasteiger partial charge in [-0.3, -0.25) is 14.6 Å². The molecule has 31 heavy (non-hydrogen) atoms. The Labute approximate surface area is 182 Å². The summed E-state index contributed by atoms with van der Waals surface area (Å²) in [6, 6.07) is 14.2. The molecule has 0 spiro atoms. The van der Waals surface area contributed by atoms with Crippen molar-refractivity contribution in [2.24, 2.45) is 0 Å². The number of nitro groups is 1. The third-order valence-corrected chi connectivity index (χ3v) is 6.16. The fraction of sp³-hybridized carbons (Fsp3) is 0.409. The lowest BCUT2D eigenvalue weighted by Gasteiger charge is -2.19. The number of rotatable bonds is 14. The van der Waals surface area contributed by atoms with Gasteiger partial charge in [-0.2, -0.15) is 0 Å². The highest BCUT2D eigenvalue weighted by Crippen LogP contribution is 2.47. The molecule has 0 aliphatic heterocycles. The molecule has 0 saturated carbocycles. The van der Waals surface area contributed by atoms with Gasteiger partial charge in [-0.05, 0) is 30.7 Å². The third-order valence-electron chi connectivity index (χ3n) is 4.37. The van der Waals surface area contributed by atoms with E-state index in [1.165, 1.54) is 49.6 Å². The van der Waals surface area contributed by atoms with Crippen LogP contribution in [0, 0.1) is 16.2 Å². The Kier molecular flexibility index (Phi) is 10.2. The Balaban J connectivity index is 1.93. The molecule has 2 rings (SSSR count). The van der Waals surface area contributed by atoms with Gasteiger partial charge in [-0.15, -0.1) is 0 Å². The van der Waals surface area contributed by atoms with E-state index in [9.17, 15) is 19.5 Å². The fourth-order valence-corrected chi connectivity index (χ4v) is 4.18. The van der Waals surface area contributed by atoms with Crippen molar-refractivity contribution in [1.29, 1.82) is 0 Å². The van der Waals surface area contributed by atoms with Crippen LogP contribution in [0.2, 0.25) is 0 Å². The van der Waals surface area contributed by atoms with E-state index in [2.05, 4.69) is 13.0 Å². The maximum Gasteiger partial charge on any atom is 0.411 e. The van der Waals surface area contributed by atoms with Crippen LogP contribution in [0.4, 0.5) is 5.69 Å². The lowest BCUT2D eigenvalue weighted by molar-refractivity contribution is -0.384. The second-order valence-corrected chi connectivity index (χ2v) is 8.77. The number of hydrogen-bond acceptors (Lipinski definition) is 7. The van der Waals surface area contributed by atoms with Crippen molar-refractivity contribution in [3.63, 3.8) is 0 Å². The summed E-state index contributed by atoms with van der Waals surface area (Å²) in [6.07, 6.45) is 6.39. The molecule has 0 fully saturated rings. The van der Waals surface area contributed by atoms with Gasteiger partial charge in [0.25, 0.3) is 5.69 Å². The maximum atomic E-state index is 13.4. The summed E-state index contributed by atoms with van der Waals surface area (Å²) >= 11 is 0. The number of nitrogens with zero attached hydrogens (tertiary/aromatic N) is 1. The van der Waals surface area contributed by atoms with Crippen molar-refractivity contribution in [2.45, 2.75) is 45.4 Å². The highest BCUT2D eigenvalue weighted by atomic mass is 31.2. The molecular formula is C22H27NO7P. The first-order valence-corrected chi connectivity index (χ1v) is 11.8. The van der Waals surface area contributed by atoms with Crippen LogP contribution in [0.3, 0.4) is 0 Å². The normalized spacial score (nSPS) is 12.7. The zero-order chi connectivity index (χ0) is 22.5. The van der Waals surface area contributed by atoms with Gasteiger partial charge in [-0.1, -0.05) is 57.2 Å². The second-order valence-electron chi connectivity index (χ2n) is 6.85. The molecule has 0 aromatic heterocycles. The number of benzene rings is 2. The predicted molar refractivity (Wildman–Crippen MR) is 117 cm³/mol. The number of nitro benzene ring substituents is 1. The van der Waals surface area contributed by atoms with Crippen LogP contribution in [0.25, 0.3) is 0 Å². The van der Waals surface area contributed by atoms with Crippen LogP contribution in [0.5, 0.6) is 5.75 Å². The van der Waals surface area contributed by atoms with Crippen molar-refractivity contribution in [3.8, 4) is 5.75 Å². The summed E-state index contributed by atoms with van der Waals surface area (Å²) in [7, 11) is -3.97. The van der Waals surface area contributed by atoms with Gasteiger partial charge in [0, 0.05) is 12.1 Å². The summed E-state index contributed by atoms with van der Waals surface area (Å²) in [5, 5.41) is 10.9. The predicted octanol–water partition coefficient (Wildman–Crippen LogP) is 5.21. The van der Waals surface area contributed by atoms with Crippen LogP contribution in [-0.4, -0.2) is 24.1 Å². The zero-order valence-electron chi connectivity index (χ0n) is 17.5. The van der Waals surface area contributed by atoms with E-state index in [0.717, 1.165) is 19.3 Å². The highest BCUT2D eigenvalue weighted by molar-refractivity contribution is 7.62. The molecule has 0 heterocycles. The average molecular weight is 448 g/mol. The van der Waals surface area contributed by atoms with Gasteiger partial charge in [0.2, 0.25) is 0 Å². The minimum Gasteiger partial charge on any atom is -0.464 e. The van der Waals surface area contributed by atoms with Crippen LogP contribution in [0.1, 0.15) is 45.4 Å². The van der Waals surface area contributed by atoms with E-state index >= 15 is 0 Å². The molecule has 0 amide bonds. The van der Waals surface area contributed by atoms with Gasteiger partial charge >= 0.3 is 13.6 Å². The fourth-order valence-electron chi connectivity index (χ4n) is 2.71. The smallest absolute Gasteiger partial charge is 0.411 e. The van der Waals surface area contributed by atoms with E-state index in [4.69, 9.17) is 13.8 Å². The Hall–Kier alpha value is -2.70. The Morgan fingerprint density at radius 1 is 1.06 bits per heavy atom. The minimum absolute atomic E-state index is 0.103. The first-order valence-electron chi connectivity index (χ1n) is 10.3. The molecule has 167 valence electrons. The van der Waals surface area contributed by atoms with Crippen molar-refractivity contribution in [3.05, 3.63) is 64.7 Å². The van der Waals surface area contributed by atoms with Crippen molar-refractivity contribution >= 4 is 24.6 Å². The maximum absolute atomic E-state index is 13.4. The molecule has 9 heteroatoms. The molecule has 1 unspecified atom stereocenters. The molecule has 0 bridgehead atoms. The van der Waals surface area contributed by atoms with Crippen molar-refractivity contribution < 1.29 is 28.1 Å². The van der Waals surface area contributed by atoms with E-state index in [1.807, 2.05) is 0 Å². The largest absolute Gasteiger partial charge is 0.464 e. The average Bonchev–Trinajstić information content (AvgIpc) is 2.78. The molecular weight excluding hydrogens is 421 g/mol. The molecule has 1 radical (unpaired) electrons. The number of carbonyl (C=O) groups excluding carboxylic acids is 1. The Morgan fingerprint density at radius 3 is 2.42 bits per heavy atom. The van der Waals surface area contributed by atoms with E-state index in [-0.39, 0.29) is 23.3 Å². The van der Waals surface area contributed by atoms with E-state index in [1.54, 1.807) is 18.2 Å². The van der Waals surface area contributed by atoms with Gasteiger partial charge < -0.3 is 9.26 Å². The number of carbonyl (C=O) groups is 1. The Morgan fingerprint density at radius 2 is 1.77 bits per heavy atom. The SMILES string of the molecule is CCCCCCCCOC(=O)COP(=O)(Oc1ccc([N+](=O)[O-])cc1)c1[c]cccc1. The molecule has 1 atom stereocenters. The van der Waals surface area contributed by atoms with Gasteiger partial charge in [0.15, 0.2) is 6.61 Å². The molecule has 0 aliphatic carbocycles. The summed E-state index contributed by atoms with van der Waals surface area (Å²) < 4.78 is 29.4. The van der Waals surface area contributed by atoms with Crippen LogP contribution in [-0.2, 0) is 18.6 Å². The molecule has 2 aromatic rings. The number of ether oxygens (including phenoxy) is 1. The monoisotopic (exact) mass is 448 g/mol. The summed E-state index contributed by atoms with van der Waals surface area (Å²) in [5.74, 6) is -0.538. The standard InChI is InChI=1S/C22H27NO7P/c1-2-3-4-5-6-10-17-28-22(24)18-29-31(27,21-11-8-7-9-12-21)30-20-15-13-19(14-16-20)23(25)26/h7-9,11,13-16H,2-6,10,17-18H2,1H3. The van der Waals surface area contributed by atoms with E-state index < -0.39 is 25.1 Å². The number of hydrogen-bond donors (Lipinski definition) is 0. The topological polar surface area (TPSA) is 105 Å². The minimum atomic E-state index is -3.97. The highest BCUT2D eigenvalue weighted by Gasteiger charge is 2.31. The summed E-state index contributed by atoms with van der Waals surface area (Å²) in [6.45, 7) is 1.88. The summed E-state index contributed by atoms with van der Waals surface area (Å²) in [4.78, 5) is 22.3. The van der Waals surface area contributed by atoms with Gasteiger partial charge in [-0.25, -0.2) is 9.36 Å². The first kappa shape index (κ1) is 24.6. The molecule has 0 saturated heterocycles. The number of non-ortho nitro benzene ring substituents is 1. The number of esters is 1. The lowest BCUT2D eigenvalue weighted by atomic mass is 10.1. The lowest BCUT2D eigenvalue weighted by Crippen LogP contribution is -2.18. The third kappa shape index (κ3) is 8.52. The van der Waals surface area contributed by atoms with Crippen molar-refractivity contribution in [1.82, 2.24) is 0 Å². The van der Waals surface area contributed by atoms with E-state index in [0.29, 0.717) is 0 Å². The zero-order valence-corrected chi connectivity index (χ0v) is 18.4. The second kappa shape index (κ2) is 12.9. The quantitative estimate of drug-likeness (QED) is 0.128. The summed E-state index contributed by atoms with van der Waals surface area (Å²) in [5.41, 5.74) is -0.132. The molecule has 0 aliphatic rings. The van der Waals surface area contributed by atoms with Crippen molar-refractivity contribution in [2.75, 3.05) is 13.2 Å².